The zero-order chi connectivity index (χ0) is 10.1. The Kier molecular flexibility index (Phi) is 3.34. The van der Waals surface area contributed by atoms with Crippen molar-refractivity contribution in [2.24, 2.45) is 11.7 Å². The van der Waals surface area contributed by atoms with Crippen LogP contribution in [0.25, 0.3) is 0 Å². The van der Waals surface area contributed by atoms with Crippen LogP contribution in [0.1, 0.15) is 30.9 Å². The molecule has 1 aliphatic rings. The van der Waals surface area contributed by atoms with Crippen molar-refractivity contribution in [3.8, 4) is 0 Å². The van der Waals surface area contributed by atoms with Crippen LogP contribution < -0.4 is 5.73 Å². The van der Waals surface area contributed by atoms with Gasteiger partial charge in [-0.2, -0.15) is 0 Å². The highest BCUT2D eigenvalue weighted by molar-refractivity contribution is 14.1. The minimum absolute atomic E-state index is 0.129. The van der Waals surface area contributed by atoms with E-state index in [0.717, 1.165) is 10.6 Å². The summed E-state index contributed by atoms with van der Waals surface area (Å²) in [4.78, 5) is 0. The molecule has 0 aliphatic heterocycles. The van der Waals surface area contributed by atoms with E-state index in [-0.39, 0.29) is 6.04 Å². The molecule has 0 bridgehead atoms. The maximum atomic E-state index is 6.21. The summed E-state index contributed by atoms with van der Waals surface area (Å²) in [6, 6.07) is 6.10. The highest BCUT2D eigenvalue weighted by Crippen LogP contribution is 2.39. The van der Waals surface area contributed by atoms with Crippen molar-refractivity contribution >= 4 is 34.2 Å². The third-order valence-electron chi connectivity index (χ3n) is 2.99. The smallest absolute Gasteiger partial charge is 0.0464 e. The van der Waals surface area contributed by atoms with Gasteiger partial charge in [-0.15, -0.1) is 0 Å². The summed E-state index contributed by atoms with van der Waals surface area (Å²) < 4.78 is 1.19. The van der Waals surface area contributed by atoms with Crippen molar-refractivity contribution in [2.75, 3.05) is 0 Å². The summed E-state index contributed by atoms with van der Waals surface area (Å²) in [7, 11) is 0. The van der Waals surface area contributed by atoms with Gasteiger partial charge < -0.3 is 5.73 Å². The summed E-state index contributed by atoms with van der Waals surface area (Å²) in [6.07, 6.45) is 3.82. The largest absolute Gasteiger partial charge is 0.324 e. The zero-order valence-corrected chi connectivity index (χ0v) is 10.8. The first-order chi connectivity index (χ1) is 6.70. The van der Waals surface area contributed by atoms with E-state index in [4.69, 9.17) is 17.3 Å². The lowest BCUT2D eigenvalue weighted by atomic mass is 9.77. The number of halogens is 2. The second kappa shape index (κ2) is 4.37. The molecule has 0 amide bonds. The van der Waals surface area contributed by atoms with E-state index in [1.165, 1.54) is 22.8 Å². The Hall–Kier alpha value is 0.200. The molecule has 3 heteroatoms. The van der Waals surface area contributed by atoms with Crippen molar-refractivity contribution in [3.05, 3.63) is 32.4 Å². The molecule has 1 nitrogen and oxygen atoms in total. The fraction of sp³-hybridized carbons (Fsp3) is 0.455. The minimum Gasteiger partial charge on any atom is -0.324 e. The third kappa shape index (κ3) is 1.92. The lowest BCUT2D eigenvalue weighted by molar-refractivity contribution is 0.264. The second-order valence-corrected chi connectivity index (χ2v) is 5.42. The standard InChI is InChI=1S/C11H13ClIN/c12-8-5-2-6-9(13)10(8)11(14)7-3-1-4-7/h2,5-7,11H,1,3-4,14H2/t11-/m1/s1. The Bertz CT molecular complexity index is 316. The van der Waals surface area contributed by atoms with Gasteiger partial charge in [0.25, 0.3) is 0 Å². The van der Waals surface area contributed by atoms with Crippen LogP contribution >= 0.6 is 34.2 Å². The van der Waals surface area contributed by atoms with Gasteiger partial charge in [0.05, 0.1) is 0 Å². The Morgan fingerprint density at radius 1 is 1.43 bits per heavy atom. The van der Waals surface area contributed by atoms with E-state index in [2.05, 4.69) is 28.7 Å². The molecule has 0 saturated heterocycles. The molecule has 0 unspecified atom stereocenters. The normalized spacial score (nSPS) is 19.1. The Morgan fingerprint density at radius 2 is 2.14 bits per heavy atom. The molecular formula is C11H13ClIN. The molecular weight excluding hydrogens is 308 g/mol. The molecule has 1 fully saturated rings. The maximum Gasteiger partial charge on any atom is 0.0464 e. The molecule has 2 rings (SSSR count). The molecule has 0 heterocycles. The molecule has 1 aromatic carbocycles. The first-order valence-electron chi connectivity index (χ1n) is 4.89. The Balaban J connectivity index is 2.29. The molecule has 0 spiro atoms. The van der Waals surface area contributed by atoms with Gasteiger partial charge in [-0.05, 0) is 53.5 Å². The highest BCUT2D eigenvalue weighted by atomic mass is 127. The molecule has 0 aromatic heterocycles. The predicted molar refractivity (Wildman–Crippen MR) is 68.4 cm³/mol. The van der Waals surface area contributed by atoms with Crippen molar-refractivity contribution in [3.63, 3.8) is 0 Å². The monoisotopic (exact) mass is 321 g/mol. The van der Waals surface area contributed by atoms with Crippen molar-refractivity contribution in [1.82, 2.24) is 0 Å². The highest BCUT2D eigenvalue weighted by Gasteiger charge is 2.27. The Labute approximate surface area is 103 Å². The van der Waals surface area contributed by atoms with Crippen LogP contribution in [0, 0.1) is 9.49 Å². The van der Waals surface area contributed by atoms with Gasteiger partial charge in [-0.3, -0.25) is 0 Å². The third-order valence-corrected chi connectivity index (χ3v) is 4.26. The fourth-order valence-corrected chi connectivity index (χ4v) is 3.18. The van der Waals surface area contributed by atoms with Crippen LogP contribution in [0.4, 0.5) is 0 Å². The van der Waals surface area contributed by atoms with Crippen LogP contribution in [-0.2, 0) is 0 Å². The lowest BCUT2D eigenvalue weighted by Gasteiger charge is -2.32. The van der Waals surface area contributed by atoms with E-state index >= 15 is 0 Å². The topological polar surface area (TPSA) is 26.0 Å². The van der Waals surface area contributed by atoms with Crippen molar-refractivity contribution < 1.29 is 0 Å². The van der Waals surface area contributed by atoms with E-state index in [9.17, 15) is 0 Å². The number of hydrogen-bond acceptors (Lipinski definition) is 1. The first kappa shape index (κ1) is 10.7. The van der Waals surface area contributed by atoms with Crippen LogP contribution in [0.5, 0.6) is 0 Å². The van der Waals surface area contributed by atoms with Crippen LogP contribution in [0.3, 0.4) is 0 Å². The molecule has 0 radical (unpaired) electrons. The average molecular weight is 322 g/mol. The minimum atomic E-state index is 0.129. The number of rotatable bonds is 2. The van der Waals surface area contributed by atoms with Gasteiger partial charge in [0.15, 0.2) is 0 Å². The summed E-state index contributed by atoms with van der Waals surface area (Å²) in [6.45, 7) is 0. The maximum absolute atomic E-state index is 6.21. The van der Waals surface area contributed by atoms with E-state index in [1.807, 2.05) is 12.1 Å². The fourth-order valence-electron chi connectivity index (χ4n) is 1.86. The SMILES string of the molecule is N[C@@H](c1c(Cl)cccc1I)C1CCC1. The molecule has 1 aliphatic carbocycles. The average Bonchev–Trinajstić information content (AvgIpc) is 2.00. The first-order valence-corrected chi connectivity index (χ1v) is 6.35. The summed E-state index contributed by atoms with van der Waals surface area (Å²) in [5.74, 6) is 0.642. The van der Waals surface area contributed by atoms with E-state index in [1.54, 1.807) is 0 Å². The zero-order valence-electron chi connectivity index (χ0n) is 7.84. The Morgan fingerprint density at radius 3 is 2.64 bits per heavy atom. The molecule has 14 heavy (non-hydrogen) atoms. The predicted octanol–water partition coefficient (Wildman–Crippen LogP) is 3.74. The molecule has 76 valence electrons. The van der Waals surface area contributed by atoms with Gasteiger partial charge >= 0.3 is 0 Å². The quantitative estimate of drug-likeness (QED) is 0.825. The number of nitrogens with two attached hydrogens (primary N) is 1. The van der Waals surface area contributed by atoms with Crippen molar-refractivity contribution in [2.45, 2.75) is 25.3 Å². The summed E-state index contributed by atoms with van der Waals surface area (Å²) in [5, 5.41) is 0.816. The van der Waals surface area contributed by atoms with Gasteiger partial charge in [0.2, 0.25) is 0 Å². The van der Waals surface area contributed by atoms with Crippen molar-refractivity contribution in [1.29, 1.82) is 0 Å². The van der Waals surface area contributed by atoms with Crippen LogP contribution in [0.15, 0.2) is 18.2 Å². The lowest BCUT2D eigenvalue weighted by Crippen LogP contribution is -2.27. The van der Waals surface area contributed by atoms with Gasteiger partial charge in [0, 0.05) is 20.2 Å². The van der Waals surface area contributed by atoms with E-state index in [0.29, 0.717) is 5.92 Å². The number of benzene rings is 1. The van der Waals surface area contributed by atoms with Gasteiger partial charge in [-0.1, -0.05) is 24.1 Å². The molecule has 1 aromatic rings. The molecule has 2 N–H and O–H groups in total. The molecule has 1 saturated carbocycles. The summed E-state index contributed by atoms with van der Waals surface area (Å²) >= 11 is 8.48. The van der Waals surface area contributed by atoms with E-state index < -0.39 is 0 Å². The summed E-state index contributed by atoms with van der Waals surface area (Å²) in [5.41, 5.74) is 7.35. The van der Waals surface area contributed by atoms with Gasteiger partial charge in [-0.25, -0.2) is 0 Å². The van der Waals surface area contributed by atoms with Crippen LogP contribution in [0.2, 0.25) is 5.02 Å². The second-order valence-electron chi connectivity index (χ2n) is 3.85. The molecule has 1 atom stereocenters. The van der Waals surface area contributed by atoms with Crippen LogP contribution in [-0.4, -0.2) is 0 Å². The number of hydrogen-bond donors (Lipinski definition) is 1. The van der Waals surface area contributed by atoms with Gasteiger partial charge in [0.1, 0.15) is 0 Å².